The lowest BCUT2D eigenvalue weighted by atomic mass is 10.1. The molecule has 0 aliphatic carbocycles. The van der Waals surface area contributed by atoms with Gasteiger partial charge in [-0.1, -0.05) is 12.1 Å². The number of hydrogen-bond donors (Lipinski definition) is 2. The summed E-state index contributed by atoms with van der Waals surface area (Å²) < 4.78 is 35.8. The molecule has 72 valence electrons. The van der Waals surface area contributed by atoms with E-state index >= 15 is 0 Å². The van der Waals surface area contributed by atoms with Crippen molar-refractivity contribution in [3.05, 3.63) is 29.8 Å². The Hall–Kier alpha value is -1.23. The summed E-state index contributed by atoms with van der Waals surface area (Å²) in [5.74, 6) is -0.141. The van der Waals surface area contributed by atoms with Gasteiger partial charge in [0.15, 0.2) is 6.10 Å². The van der Waals surface area contributed by atoms with E-state index in [1.54, 1.807) is 0 Å². The maximum atomic E-state index is 11.9. The van der Waals surface area contributed by atoms with Gasteiger partial charge in [0.2, 0.25) is 0 Å². The summed E-state index contributed by atoms with van der Waals surface area (Å²) in [4.78, 5) is 0. The van der Waals surface area contributed by atoms with Crippen LogP contribution in [0, 0.1) is 0 Å². The van der Waals surface area contributed by atoms with Crippen molar-refractivity contribution in [2.45, 2.75) is 12.3 Å². The minimum Gasteiger partial charge on any atom is -0.508 e. The molecule has 5 heteroatoms. The Morgan fingerprint density at radius 1 is 1.08 bits per heavy atom. The highest BCUT2D eigenvalue weighted by Crippen LogP contribution is 2.32. The summed E-state index contributed by atoms with van der Waals surface area (Å²) in [6.45, 7) is 0. The molecular formula is C8H7F3O2. The van der Waals surface area contributed by atoms with Crippen LogP contribution >= 0.6 is 0 Å². The number of phenolic OH excluding ortho intramolecular Hbond substituents is 1. The smallest absolute Gasteiger partial charge is 0.418 e. The third-order valence-electron chi connectivity index (χ3n) is 1.52. The van der Waals surface area contributed by atoms with Gasteiger partial charge in [0.1, 0.15) is 5.75 Å². The van der Waals surface area contributed by atoms with Crippen molar-refractivity contribution >= 4 is 0 Å². The number of rotatable bonds is 1. The van der Waals surface area contributed by atoms with E-state index in [9.17, 15) is 13.2 Å². The zero-order valence-electron chi connectivity index (χ0n) is 6.42. The van der Waals surface area contributed by atoms with Gasteiger partial charge in [0.05, 0.1) is 0 Å². The fourth-order valence-corrected chi connectivity index (χ4v) is 0.846. The van der Waals surface area contributed by atoms with Gasteiger partial charge in [-0.3, -0.25) is 0 Å². The zero-order valence-corrected chi connectivity index (χ0v) is 6.42. The molecule has 0 heterocycles. The maximum absolute atomic E-state index is 11.9. The van der Waals surface area contributed by atoms with Gasteiger partial charge in [-0.2, -0.15) is 13.2 Å². The number of hydrogen-bond acceptors (Lipinski definition) is 2. The number of alkyl halides is 3. The Morgan fingerprint density at radius 2 is 1.54 bits per heavy atom. The van der Waals surface area contributed by atoms with Crippen LogP contribution in [0.25, 0.3) is 0 Å². The summed E-state index contributed by atoms with van der Waals surface area (Å²) >= 11 is 0. The fourth-order valence-electron chi connectivity index (χ4n) is 0.846. The monoisotopic (exact) mass is 192 g/mol. The lowest BCUT2D eigenvalue weighted by Crippen LogP contribution is -2.19. The molecular weight excluding hydrogens is 185 g/mol. The predicted molar refractivity (Wildman–Crippen MR) is 39.1 cm³/mol. The molecule has 1 rings (SSSR count). The van der Waals surface area contributed by atoms with E-state index in [2.05, 4.69) is 0 Å². The van der Waals surface area contributed by atoms with Gasteiger partial charge in [-0.15, -0.1) is 0 Å². The van der Waals surface area contributed by atoms with Gasteiger partial charge < -0.3 is 10.2 Å². The van der Waals surface area contributed by atoms with Crippen LogP contribution in [0.15, 0.2) is 24.3 Å². The number of aliphatic hydroxyl groups excluding tert-OH is 1. The average molecular weight is 192 g/mol. The van der Waals surface area contributed by atoms with E-state index in [1.165, 1.54) is 0 Å². The first-order valence-corrected chi connectivity index (χ1v) is 3.45. The summed E-state index contributed by atoms with van der Waals surface area (Å²) in [7, 11) is 0. The van der Waals surface area contributed by atoms with Gasteiger partial charge in [-0.05, 0) is 17.7 Å². The van der Waals surface area contributed by atoms with Crippen LogP contribution in [0.5, 0.6) is 5.75 Å². The molecule has 13 heavy (non-hydrogen) atoms. The average Bonchev–Trinajstić information content (AvgIpc) is 2.03. The second-order valence-corrected chi connectivity index (χ2v) is 2.54. The number of aliphatic hydroxyl groups is 1. The van der Waals surface area contributed by atoms with Crippen molar-refractivity contribution in [1.82, 2.24) is 0 Å². The first kappa shape index (κ1) is 9.85. The van der Waals surface area contributed by atoms with Crippen LogP contribution in [-0.2, 0) is 0 Å². The largest absolute Gasteiger partial charge is 0.508 e. The molecule has 0 spiro atoms. The van der Waals surface area contributed by atoms with Crippen LogP contribution in [0.4, 0.5) is 13.2 Å². The molecule has 1 atom stereocenters. The van der Waals surface area contributed by atoms with Gasteiger partial charge in [0.25, 0.3) is 0 Å². The Balaban J connectivity index is 2.90. The van der Waals surface area contributed by atoms with E-state index in [1.807, 2.05) is 0 Å². The Labute approximate surface area is 72.2 Å². The van der Waals surface area contributed by atoms with Crippen LogP contribution in [0.3, 0.4) is 0 Å². The van der Waals surface area contributed by atoms with Crippen molar-refractivity contribution in [1.29, 1.82) is 0 Å². The molecule has 0 fully saturated rings. The Morgan fingerprint density at radius 3 is 1.92 bits per heavy atom. The molecule has 0 saturated heterocycles. The molecule has 0 saturated carbocycles. The van der Waals surface area contributed by atoms with Gasteiger partial charge >= 0.3 is 6.18 Å². The minimum absolute atomic E-state index is 0.141. The van der Waals surface area contributed by atoms with E-state index in [0.29, 0.717) is 0 Å². The van der Waals surface area contributed by atoms with Crippen LogP contribution in [-0.4, -0.2) is 16.4 Å². The first-order chi connectivity index (χ1) is 5.91. The Kier molecular flexibility index (Phi) is 2.47. The van der Waals surface area contributed by atoms with E-state index in [4.69, 9.17) is 10.2 Å². The number of halogens is 3. The molecule has 0 aliphatic rings. The van der Waals surface area contributed by atoms with Gasteiger partial charge in [-0.25, -0.2) is 0 Å². The highest BCUT2D eigenvalue weighted by Gasteiger charge is 2.39. The lowest BCUT2D eigenvalue weighted by molar-refractivity contribution is -0.206. The highest BCUT2D eigenvalue weighted by atomic mass is 19.4. The summed E-state index contributed by atoms with van der Waals surface area (Å²) in [6.07, 6.45) is -7.16. The molecule has 2 nitrogen and oxygen atoms in total. The second kappa shape index (κ2) is 3.26. The number of benzene rings is 1. The van der Waals surface area contributed by atoms with E-state index in [-0.39, 0.29) is 11.3 Å². The standard InChI is InChI=1S/C8H7F3O2/c9-8(10,11)7(13)5-1-3-6(12)4-2-5/h1-4,7,12-13H/t7-/m1/s1. The van der Waals surface area contributed by atoms with Crippen molar-refractivity contribution in [2.75, 3.05) is 0 Å². The molecule has 2 N–H and O–H groups in total. The van der Waals surface area contributed by atoms with Crippen LogP contribution in [0.2, 0.25) is 0 Å². The lowest BCUT2D eigenvalue weighted by Gasteiger charge is -2.14. The summed E-state index contributed by atoms with van der Waals surface area (Å²) in [5, 5.41) is 17.5. The number of phenols is 1. The molecule has 0 amide bonds. The number of aromatic hydroxyl groups is 1. The predicted octanol–water partition coefficient (Wildman–Crippen LogP) is 1.99. The molecule has 0 aliphatic heterocycles. The summed E-state index contributed by atoms with van der Waals surface area (Å²) in [5.41, 5.74) is -0.287. The molecule has 0 unspecified atom stereocenters. The molecule has 1 aromatic carbocycles. The summed E-state index contributed by atoms with van der Waals surface area (Å²) in [6, 6.07) is 4.22. The van der Waals surface area contributed by atoms with Crippen molar-refractivity contribution in [2.24, 2.45) is 0 Å². The second-order valence-electron chi connectivity index (χ2n) is 2.54. The fraction of sp³-hybridized carbons (Fsp3) is 0.250. The normalized spacial score (nSPS) is 14.2. The zero-order chi connectivity index (χ0) is 10.1. The molecule has 0 radical (unpaired) electrons. The highest BCUT2D eigenvalue weighted by molar-refractivity contribution is 5.27. The quantitative estimate of drug-likeness (QED) is 0.714. The van der Waals surface area contributed by atoms with Crippen molar-refractivity contribution in [3.8, 4) is 5.75 Å². The van der Waals surface area contributed by atoms with E-state index < -0.39 is 12.3 Å². The SMILES string of the molecule is Oc1ccc([C@@H](O)C(F)(F)F)cc1. The van der Waals surface area contributed by atoms with Crippen molar-refractivity contribution in [3.63, 3.8) is 0 Å². The Bertz CT molecular complexity index is 278. The first-order valence-electron chi connectivity index (χ1n) is 3.45. The van der Waals surface area contributed by atoms with Crippen LogP contribution in [0.1, 0.15) is 11.7 Å². The topological polar surface area (TPSA) is 40.5 Å². The van der Waals surface area contributed by atoms with Crippen LogP contribution < -0.4 is 0 Å². The minimum atomic E-state index is -4.67. The third-order valence-corrected chi connectivity index (χ3v) is 1.52. The van der Waals surface area contributed by atoms with Gasteiger partial charge in [0, 0.05) is 0 Å². The molecule has 1 aromatic rings. The molecule has 0 bridgehead atoms. The van der Waals surface area contributed by atoms with E-state index in [0.717, 1.165) is 24.3 Å². The van der Waals surface area contributed by atoms with Crippen molar-refractivity contribution < 1.29 is 23.4 Å². The third kappa shape index (κ3) is 2.35. The maximum Gasteiger partial charge on any atom is 0.418 e. The molecule has 0 aromatic heterocycles.